The molecule has 2 N–H and O–H groups in total. The monoisotopic (exact) mass is 239 g/mol. The van der Waals surface area contributed by atoms with Gasteiger partial charge < -0.3 is 0 Å². The quantitative estimate of drug-likeness (QED) is 0.802. The van der Waals surface area contributed by atoms with Gasteiger partial charge in [-0.05, 0) is 19.1 Å². The summed E-state index contributed by atoms with van der Waals surface area (Å²) in [6.45, 7) is 1.62. The molecule has 0 amide bonds. The van der Waals surface area contributed by atoms with Gasteiger partial charge in [-0.1, -0.05) is 0 Å². The number of hydrogen-bond acceptors (Lipinski definition) is 5. The first-order valence-electron chi connectivity index (χ1n) is 4.40. The lowest BCUT2D eigenvalue weighted by atomic mass is 10.5. The Balaban J connectivity index is 2.32. The molecule has 0 aliphatic heterocycles. The van der Waals surface area contributed by atoms with Crippen molar-refractivity contribution in [3.05, 3.63) is 30.2 Å². The van der Waals surface area contributed by atoms with Crippen molar-refractivity contribution in [2.24, 2.45) is 0 Å². The predicted molar refractivity (Wildman–Crippen MR) is 56.2 cm³/mol. The molecule has 0 unspecified atom stereocenters. The Labute approximate surface area is 92.0 Å². The minimum Gasteiger partial charge on any atom is -0.281 e. The van der Waals surface area contributed by atoms with Crippen LogP contribution in [0.15, 0.2) is 29.4 Å². The molecule has 0 saturated carbocycles. The third-order valence-corrected chi connectivity index (χ3v) is 3.35. The third-order valence-electron chi connectivity index (χ3n) is 1.88. The molecule has 2 aromatic rings. The molecule has 2 aromatic heterocycles. The van der Waals surface area contributed by atoms with Crippen molar-refractivity contribution in [3.63, 3.8) is 0 Å². The smallest absolute Gasteiger partial charge is 0.266 e. The van der Waals surface area contributed by atoms with Crippen molar-refractivity contribution in [1.29, 1.82) is 0 Å². The first-order valence-corrected chi connectivity index (χ1v) is 5.88. The topological polar surface area (TPSA) is 101 Å². The Morgan fingerprint density at radius 3 is 2.81 bits per heavy atom. The van der Waals surface area contributed by atoms with Gasteiger partial charge in [-0.2, -0.15) is 10.2 Å². The highest BCUT2D eigenvalue weighted by molar-refractivity contribution is 7.92. The molecule has 2 heterocycles. The highest BCUT2D eigenvalue weighted by Gasteiger charge is 2.18. The van der Waals surface area contributed by atoms with Crippen LogP contribution in [0.2, 0.25) is 0 Å². The maximum Gasteiger partial charge on any atom is 0.266 e. The van der Waals surface area contributed by atoms with E-state index in [1.54, 1.807) is 13.0 Å². The number of aromatic nitrogens is 4. The Morgan fingerprint density at radius 1 is 1.44 bits per heavy atom. The average Bonchev–Trinajstić information content (AvgIpc) is 2.66. The van der Waals surface area contributed by atoms with Crippen LogP contribution in [0, 0.1) is 6.92 Å². The van der Waals surface area contributed by atoms with Crippen LogP contribution in [-0.4, -0.2) is 28.8 Å². The van der Waals surface area contributed by atoms with Gasteiger partial charge in [0.15, 0.2) is 5.82 Å². The first kappa shape index (κ1) is 10.6. The second-order valence-electron chi connectivity index (χ2n) is 3.07. The number of sulfonamides is 1. The molecule has 0 saturated heterocycles. The summed E-state index contributed by atoms with van der Waals surface area (Å²) in [4.78, 5) is 0.0955. The average molecular weight is 239 g/mol. The zero-order valence-corrected chi connectivity index (χ0v) is 9.19. The van der Waals surface area contributed by atoms with E-state index < -0.39 is 10.0 Å². The molecule has 84 valence electrons. The second kappa shape index (κ2) is 3.89. The van der Waals surface area contributed by atoms with Crippen molar-refractivity contribution in [2.75, 3.05) is 4.72 Å². The van der Waals surface area contributed by atoms with Gasteiger partial charge in [0.05, 0.1) is 11.9 Å². The van der Waals surface area contributed by atoms with E-state index in [9.17, 15) is 8.42 Å². The normalized spacial score (nSPS) is 11.3. The van der Waals surface area contributed by atoms with Gasteiger partial charge in [0, 0.05) is 6.20 Å². The molecular formula is C8H9N5O2S. The molecular weight excluding hydrogens is 230 g/mol. The van der Waals surface area contributed by atoms with E-state index in [-0.39, 0.29) is 10.7 Å². The highest BCUT2D eigenvalue weighted by Crippen LogP contribution is 2.14. The van der Waals surface area contributed by atoms with E-state index in [0.717, 1.165) is 0 Å². The number of hydrogen-bond donors (Lipinski definition) is 2. The van der Waals surface area contributed by atoms with Gasteiger partial charge in [-0.15, -0.1) is 5.10 Å². The molecule has 16 heavy (non-hydrogen) atoms. The van der Waals surface area contributed by atoms with Crippen molar-refractivity contribution >= 4 is 15.8 Å². The van der Waals surface area contributed by atoms with Gasteiger partial charge in [-0.25, -0.2) is 8.42 Å². The molecule has 0 aliphatic carbocycles. The molecule has 0 aromatic carbocycles. The van der Waals surface area contributed by atoms with Gasteiger partial charge in [0.25, 0.3) is 10.0 Å². The Hall–Kier alpha value is -1.96. The maximum atomic E-state index is 11.8. The Morgan fingerprint density at radius 2 is 2.25 bits per heavy atom. The van der Waals surface area contributed by atoms with E-state index in [1.165, 1.54) is 18.5 Å². The van der Waals surface area contributed by atoms with E-state index in [1.807, 2.05) is 0 Å². The number of H-pyrrole nitrogens is 1. The first-order chi connectivity index (χ1) is 7.59. The molecule has 2 rings (SSSR count). The van der Waals surface area contributed by atoms with Crippen LogP contribution in [0.5, 0.6) is 0 Å². The lowest BCUT2D eigenvalue weighted by Crippen LogP contribution is -2.14. The summed E-state index contributed by atoms with van der Waals surface area (Å²) in [5.41, 5.74) is 0.469. The summed E-state index contributed by atoms with van der Waals surface area (Å²) < 4.78 is 26.0. The SMILES string of the molecule is Cc1[nH]ncc1S(=O)(=O)Nc1cccnn1. The van der Waals surface area contributed by atoms with Gasteiger partial charge in [-0.3, -0.25) is 9.82 Å². The van der Waals surface area contributed by atoms with Gasteiger partial charge in [0.1, 0.15) is 4.90 Å². The number of nitrogens with zero attached hydrogens (tertiary/aromatic N) is 3. The molecule has 7 nitrogen and oxygen atoms in total. The summed E-state index contributed by atoms with van der Waals surface area (Å²) >= 11 is 0. The van der Waals surface area contributed by atoms with Gasteiger partial charge in [0.2, 0.25) is 0 Å². The third kappa shape index (κ3) is 2.01. The molecule has 0 aliphatic rings. The van der Waals surface area contributed by atoms with Crippen LogP contribution in [0.25, 0.3) is 0 Å². The molecule has 0 spiro atoms. The van der Waals surface area contributed by atoms with Gasteiger partial charge >= 0.3 is 0 Å². The molecule has 0 fully saturated rings. The van der Waals surface area contributed by atoms with E-state index in [2.05, 4.69) is 25.1 Å². The highest BCUT2D eigenvalue weighted by atomic mass is 32.2. The minimum absolute atomic E-state index is 0.0955. The van der Waals surface area contributed by atoms with Crippen LogP contribution in [0.1, 0.15) is 5.69 Å². The van der Waals surface area contributed by atoms with Crippen LogP contribution in [-0.2, 0) is 10.0 Å². The van der Waals surface area contributed by atoms with Crippen LogP contribution >= 0.6 is 0 Å². The van der Waals surface area contributed by atoms with E-state index >= 15 is 0 Å². The summed E-state index contributed by atoms with van der Waals surface area (Å²) in [5, 5.41) is 13.4. The fraction of sp³-hybridized carbons (Fsp3) is 0.125. The predicted octanol–water partition coefficient (Wildman–Crippen LogP) is 0.309. The lowest BCUT2D eigenvalue weighted by molar-refractivity contribution is 0.600. The number of anilines is 1. The number of nitrogens with one attached hydrogen (secondary N) is 2. The summed E-state index contributed by atoms with van der Waals surface area (Å²) in [6, 6.07) is 3.10. The van der Waals surface area contributed by atoms with Crippen LogP contribution in [0.4, 0.5) is 5.82 Å². The summed E-state index contributed by atoms with van der Waals surface area (Å²) in [6.07, 6.45) is 2.70. The number of aryl methyl sites for hydroxylation is 1. The molecule has 8 heteroatoms. The lowest BCUT2D eigenvalue weighted by Gasteiger charge is -2.04. The summed E-state index contributed by atoms with van der Waals surface area (Å²) in [5.74, 6) is 0.170. The van der Waals surface area contributed by atoms with Crippen molar-refractivity contribution in [1.82, 2.24) is 20.4 Å². The van der Waals surface area contributed by atoms with Crippen LogP contribution < -0.4 is 4.72 Å². The largest absolute Gasteiger partial charge is 0.281 e. The zero-order chi connectivity index (χ0) is 11.6. The Bertz CT molecular complexity index is 577. The molecule has 0 bridgehead atoms. The maximum absolute atomic E-state index is 11.8. The minimum atomic E-state index is -3.65. The van der Waals surface area contributed by atoms with E-state index in [0.29, 0.717) is 5.69 Å². The van der Waals surface area contributed by atoms with E-state index in [4.69, 9.17) is 0 Å². The number of rotatable bonds is 3. The van der Waals surface area contributed by atoms with Crippen molar-refractivity contribution < 1.29 is 8.42 Å². The van der Waals surface area contributed by atoms with Crippen molar-refractivity contribution in [2.45, 2.75) is 11.8 Å². The fourth-order valence-corrected chi connectivity index (χ4v) is 2.29. The standard InChI is InChI=1S/C8H9N5O2S/c1-6-7(5-10-11-6)16(14,15)13-8-3-2-4-9-12-8/h2-5H,1H3,(H,10,11)(H,12,13). The Kier molecular flexibility index (Phi) is 2.57. The van der Waals surface area contributed by atoms with Crippen LogP contribution in [0.3, 0.4) is 0 Å². The molecule has 0 radical (unpaired) electrons. The van der Waals surface area contributed by atoms with Crippen molar-refractivity contribution in [3.8, 4) is 0 Å². The summed E-state index contributed by atoms with van der Waals surface area (Å²) in [7, 11) is -3.65. The second-order valence-corrected chi connectivity index (χ2v) is 4.72. The number of aromatic amines is 1. The fourth-order valence-electron chi connectivity index (χ4n) is 1.16. The zero-order valence-electron chi connectivity index (χ0n) is 8.38. The molecule has 0 atom stereocenters.